The second-order valence-electron chi connectivity index (χ2n) is 2.44. The van der Waals surface area contributed by atoms with Gasteiger partial charge in [0.1, 0.15) is 0 Å². The number of unbranched alkanes of at least 4 members (excludes halogenated alkanes) is 2. The van der Waals surface area contributed by atoms with Crippen LogP contribution in [0, 0.1) is 0 Å². The van der Waals surface area contributed by atoms with Crippen molar-refractivity contribution < 1.29 is 18.9 Å². The number of phosphoric acid groups is 1. The van der Waals surface area contributed by atoms with Gasteiger partial charge < -0.3 is 9.79 Å². The molecule has 0 unspecified atom stereocenters. The summed E-state index contributed by atoms with van der Waals surface area (Å²) in [6.45, 7) is 7.41. The van der Waals surface area contributed by atoms with Gasteiger partial charge in [0.05, 0.1) is 6.61 Å². The second-order valence-corrected chi connectivity index (χ2v) is 3.68. The van der Waals surface area contributed by atoms with E-state index in [4.69, 9.17) is 9.79 Å². The van der Waals surface area contributed by atoms with E-state index in [2.05, 4.69) is 11.1 Å². The van der Waals surface area contributed by atoms with Gasteiger partial charge in [-0.3, -0.25) is 4.52 Å². The van der Waals surface area contributed by atoms with Crippen molar-refractivity contribution in [2.75, 3.05) is 6.61 Å². The molecule has 0 fully saturated rings. The molecule has 0 saturated carbocycles. The first-order valence-corrected chi connectivity index (χ1v) is 5.78. The molecular weight excluding hydrogens is 191 g/mol. The molecule has 0 amide bonds. The Morgan fingerprint density at radius 3 is 2.23 bits per heavy atom. The molecule has 0 saturated heterocycles. The number of hydrogen-bond donors (Lipinski definition) is 2. The Morgan fingerprint density at radius 2 is 1.92 bits per heavy atom. The highest BCUT2D eigenvalue weighted by molar-refractivity contribution is 7.46. The van der Waals surface area contributed by atoms with Gasteiger partial charge in [-0.1, -0.05) is 25.8 Å². The van der Waals surface area contributed by atoms with Gasteiger partial charge in [0.2, 0.25) is 0 Å². The zero-order valence-electron chi connectivity index (χ0n) is 8.27. The molecule has 0 bridgehead atoms. The zero-order chi connectivity index (χ0) is 10.7. The molecular formula is C8H19O4P. The molecule has 0 aromatic heterocycles. The summed E-state index contributed by atoms with van der Waals surface area (Å²) in [5.41, 5.74) is 0. The maximum Gasteiger partial charge on any atom is 0.469 e. The molecule has 13 heavy (non-hydrogen) atoms. The van der Waals surface area contributed by atoms with E-state index in [0.717, 1.165) is 12.8 Å². The van der Waals surface area contributed by atoms with E-state index in [9.17, 15) is 4.57 Å². The lowest BCUT2D eigenvalue weighted by Crippen LogP contribution is -1.91. The van der Waals surface area contributed by atoms with Crippen molar-refractivity contribution >= 4 is 7.82 Å². The van der Waals surface area contributed by atoms with Gasteiger partial charge in [0.25, 0.3) is 0 Å². The van der Waals surface area contributed by atoms with E-state index < -0.39 is 7.82 Å². The van der Waals surface area contributed by atoms with Crippen molar-refractivity contribution in [3.8, 4) is 0 Å². The van der Waals surface area contributed by atoms with E-state index in [0.29, 0.717) is 6.42 Å². The van der Waals surface area contributed by atoms with Gasteiger partial charge in [-0.25, -0.2) is 4.57 Å². The van der Waals surface area contributed by atoms with Crippen LogP contribution in [-0.2, 0) is 9.09 Å². The average molecular weight is 210 g/mol. The minimum Gasteiger partial charge on any atom is -0.303 e. The highest BCUT2D eigenvalue weighted by atomic mass is 31.2. The third-order valence-corrected chi connectivity index (χ3v) is 1.53. The zero-order valence-corrected chi connectivity index (χ0v) is 9.17. The molecule has 0 aromatic carbocycles. The summed E-state index contributed by atoms with van der Waals surface area (Å²) in [7, 11) is -4.21. The maximum absolute atomic E-state index is 10.1. The first-order chi connectivity index (χ1) is 5.97. The van der Waals surface area contributed by atoms with Crippen molar-refractivity contribution in [1.82, 2.24) is 0 Å². The van der Waals surface area contributed by atoms with Gasteiger partial charge in [-0.2, -0.15) is 0 Å². The van der Waals surface area contributed by atoms with Gasteiger partial charge >= 0.3 is 7.82 Å². The SMILES string of the molecule is C=CC.CCCCCOP(=O)(O)O. The Morgan fingerprint density at radius 1 is 1.46 bits per heavy atom. The Hall–Kier alpha value is -0.150. The predicted octanol–water partition coefficient (Wildman–Crippen LogP) is 2.48. The lowest BCUT2D eigenvalue weighted by Gasteiger charge is -2.02. The molecule has 5 heteroatoms. The first-order valence-electron chi connectivity index (χ1n) is 4.25. The smallest absolute Gasteiger partial charge is 0.303 e. The lowest BCUT2D eigenvalue weighted by molar-refractivity contribution is 0.193. The van der Waals surface area contributed by atoms with Gasteiger partial charge in [0, 0.05) is 0 Å². The molecule has 0 aromatic rings. The minimum atomic E-state index is -4.21. The summed E-state index contributed by atoms with van der Waals surface area (Å²) in [6, 6.07) is 0. The van der Waals surface area contributed by atoms with Crippen molar-refractivity contribution in [3.05, 3.63) is 12.7 Å². The molecule has 0 aliphatic carbocycles. The fraction of sp³-hybridized carbons (Fsp3) is 0.750. The number of rotatable bonds is 5. The van der Waals surface area contributed by atoms with Gasteiger partial charge in [-0.05, 0) is 13.3 Å². The first kappa shape index (κ1) is 15.3. The van der Waals surface area contributed by atoms with Crippen LogP contribution >= 0.6 is 7.82 Å². The molecule has 0 rings (SSSR count). The summed E-state index contributed by atoms with van der Waals surface area (Å²) >= 11 is 0. The van der Waals surface area contributed by atoms with E-state index >= 15 is 0 Å². The van der Waals surface area contributed by atoms with Crippen LogP contribution < -0.4 is 0 Å². The fourth-order valence-corrected chi connectivity index (χ4v) is 0.902. The molecule has 2 N–H and O–H groups in total. The van der Waals surface area contributed by atoms with Crippen LogP contribution in [0.5, 0.6) is 0 Å². The Bertz CT molecular complexity index is 152. The molecule has 0 radical (unpaired) electrons. The quantitative estimate of drug-likeness (QED) is 0.415. The maximum atomic E-state index is 10.1. The molecule has 0 aliphatic rings. The molecule has 4 nitrogen and oxygen atoms in total. The summed E-state index contributed by atoms with van der Waals surface area (Å²) in [5, 5.41) is 0. The van der Waals surface area contributed by atoms with Crippen LogP contribution in [0.3, 0.4) is 0 Å². The van der Waals surface area contributed by atoms with Crippen molar-refractivity contribution in [1.29, 1.82) is 0 Å². The molecule has 0 spiro atoms. The van der Waals surface area contributed by atoms with Crippen molar-refractivity contribution in [2.45, 2.75) is 33.1 Å². The Balaban J connectivity index is 0. The monoisotopic (exact) mass is 210 g/mol. The molecule has 0 atom stereocenters. The van der Waals surface area contributed by atoms with E-state index in [1.165, 1.54) is 0 Å². The van der Waals surface area contributed by atoms with Crippen LogP contribution in [0.2, 0.25) is 0 Å². The van der Waals surface area contributed by atoms with Crippen LogP contribution in [-0.4, -0.2) is 16.4 Å². The van der Waals surface area contributed by atoms with Crippen LogP contribution in [0.25, 0.3) is 0 Å². The van der Waals surface area contributed by atoms with E-state index in [-0.39, 0.29) is 6.61 Å². The normalized spacial score (nSPS) is 10.2. The minimum absolute atomic E-state index is 0.151. The molecule has 0 aliphatic heterocycles. The number of phosphoric ester groups is 1. The van der Waals surface area contributed by atoms with Gasteiger partial charge in [0.15, 0.2) is 0 Å². The number of hydrogen-bond acceptors (Lipinski definition) is 2. The highest BCUT2D eigenvalue weighted by Crippen LogP contribution is 2.35. The summed E-state index contributed by atoms with van der Waals surface area (Å²) in [5.74, 6) is 0. The Kier molecular flexibility index (Phi) is 11.7. The van der Waals surface area contributed by atoms with Crippen LogP contribution in [0.15, 0.2) is 12.7 Å². The fourth-order valence-electron chi connectivity index (χ4n) is 0.536. The summed E-state index contributed by atoms with van der Waals surface area (Å²) in [4.78, 5) is 16.4. The van der Waals surface area contributed by atoms with E-state index in [1.807, 2.05) is 13.8 Å². The third kappa shape index (κ3) is 24.5. The Labute approximate surface area is 79.9 Å². The molecule has 0 heterocycles. The second kappa shape index (κ2) is 9.93. The topological polar surface area (TPSA) is 66.8 Å². The van der Waals surface area contributed by atoms with Gasteiger partial charge in [-0.15, -0.1) is 6.58 Å². The summed E-state index contributed by atoms with van der Waals surface area (Å²) in [6.07, 6.45) is 4.42. The van der Waals surface area contributed by atoms with Crippen LogP contribution in [0.4, 0.5) is 0 Å². The lowest BCUT2D eigenvalue weighted by atomic mass is 10.3. The number of allylic oxidation sites excluding steroid dienone is 1. The predicted molar refractivity (Wildman–Crippen MR) is 53.4 cm³/mol. The van der Waals surface area contributed by atoms with Crippen molar-refractivity contribution in [3.63, 3.8) is 0 Å². The van der Waals surface area contributed by atoms with E-state index in [1.54, 1.807) is 6.08 Å². The highest BCUT2D eigenvalue weighted by Gasteiger charge is 2.11. The third-order valence-electron chi connectivity index (χ3n) is 1.01. The molecule has 80 valence electrons. The van der Waals surface area contributed by atoms with Crippen LogP contribution in [0.1, 0.15) is 33.1 Å². The average Bonchev–Trinajstić information content (AvgIpc) is 1.98. The van der Waals surface area contributed by atoms with Crippen molar-refractivity contribution in [2.24, 2.45) is 0 Å². The summed E-state index contributed by atoms with van der Waals surface area (Å²) < 4.78 is 14.3. The largest absolute Gasteiger partial charge is 0.469 e. The standard InChI is InChI=1S/C5H13O4P.C3H6/c1-2-3-4-5-9-10(6,7)8;1-3-2/h2-5H2,1H3,(H2,6,7,8);3H,1H2,2H3.